The minimum absolute atomic E-state index is 0.540. The Bertz CT molecular complexity index is 626. The van der Waals surface area contributed by atoms with Crippen molar-refractivity contribution in [3.63, 3.8) is 0 Å². The average molecular weight is 290 g/mol. The third-order valence-corrected chi connectivity index (χ3v) is 4.17. The largest absolute Gasteiger partial charge is 0.312 e. The van der Waals surface area contributed by atoms with E-state index in [9.17, 15) is 0 Å². The summed E-state index contributed by atoms with van der Waals surface area (Å²) < 4.78 is 0. The van der Waals surface area contributed by atoms with E-state index in [1.54, 1.807) is 0 Å². The van der Waals surface area contributed by atoms with Crippen LogP contribution >= 0.6 is 11.6 Å². The Morgan fingerprint density at radius 3 is 3.05 bits per heavy atom. The molecule has 0 spiro atoms. The highest BCUT2D eigenvalue weighted by Gasteiger charge is 2.17. The lowest BCUT2D eigenvalue weighted by molar-refractivity contribution is 0.199. The molecule has 0 bridgehead atoms. The van der Waals surface area contributed by atoms with Gasteiger partial charge in [-0.1, -0.05) is 23.7 Å². The number of pyridine rings is 1. The average Bonchev–Trinajstić information content (AvgIpc) is 2.40. The SMILES string of the molecule is Cc1ccc2cc(CN3CCN[C@@H](C)C3)c(Cl)nc2c1. The van der Waals surface area contributed by atoms with Gasteiger partial charge in [0, 0.05) is 43.2 Å². The maximum atomic E-state index is 6.36. The molecule has 0 radical (unpaired) electrons. The molecule has 20 heavy (non-hydrogen) atoms. The van der Waals surface area contributed by atoms with E-state index < -0.39 is 0 Å². The van der Waals surface area contributed by atoms with Crippen molar-refractivity contribution < 1.29 is 0 Å². The summed E-state index contributed by atoms with van der Waals surface area (Å²) in [5.41, 5.74) is 3.31. The summed E-state index contributed by atoms with van der Waals surface area (Å²) in [6.07, 6.45) is 0. The molecule has 0 amide bonds. The van der Waals surface area contributed by atoms with Gasteiger partial charge in [-0.2, -0.15) is 0 Å². The zero-order valence-corrected chi connectivity index (χ0v) is 12.7. The molecule has 1 saturated heterocycles. The van der Waals surface area contributed by atoms with Gasteiger partial charge in [-0.25, -0.2) is 4.98 Å². The van der Waals surface area contributed by atoms with Gasteiger partial charge < -0.3 is 5.32 Å². The second-order valence-corrected chi connectivity index (χ2v) is 6.08. The van der Waals surface area contributed by atoms with Crippen LogP contribution < -0.4 is 5.32 Å². The second kappa shape index (κ2) is 5.68. The van der Waals surface area contributed by atoms with Crippen molar-refractivity contribution in [3.8, 4) is 0 Å². The van der Waals surface area contributed by atoms with Gasteiger partial charge in [0.1, 0.15) is 5.15 Å². The van der Waals surface area contributed by atoms with Gasteiger partial charge in [0.25, 0.3) is 0 Å². The number of aryl methyl sites for hydroxylation is 1. The van der Waals surface area contributed by atoms with Crippen molar-refractivity contribution in [1.29, 1.82) is 0 Å². The molecule has 2 aromatic rings. The summed E-state index contributed by atoms with van der Waals surface area (Å²) in [6.45, 7) is 8.33. The number of hydrogen-bond donors (Lipinski definition) is 1. The Balaban J connectivity index is 1.87. The molecule has 1 N–H and O–H groups in total. The predicted molar refractivity (Wildman–Crippen MR) is 84.2 cm³/mol. The van der Waals surface area contributed by atoms with E-state index in [1.807, 2.05) is 0 Å². The summed E-state index contributed by atoms with van der Waals surface area (Å²) in [5, 5.41) is 5.26. The summed E-state index contributed by atoms with van der Waals surface area (Å²) in [6, 6.07) is 9.04. The Hall–Kier alpha value is -1.16. The Labute approximate surface area is 124 Å². The molecule has 1 aromatic carbocycles. The van der Waals surface area contributed by atoms with Crippen molar-refractivity contribution in [2.45, 2.75) is 26.4 Å². The number of nitrogens with zero attached hydrogens (tertiary/aromatic N) is 2. The van der Waals surface area contributed by atoms with E-state index in [1.165, 1.54) is 5.56 Å². The predicted octanol–water partition coefficient (Wildman–Crippen LogP) is 2.99. The molecule has 2 heterocycles. The third-order valence-electron chi connectivity index (χ3n) is 3.85. The molecule has 1 fully saturated rings. The highest BCUT2D eigenvalue weighted by Crippen LogP contribution is 2.23. The van der Waals surface area contributed by atoms with Crippen LogP contribution in [0.15, 0.2) is 24.3 Å². The van der Waals surface area contributed by atoms with Gasteiger partial charge in [-0.3, -0.25) is 4.90 Å². The molecule has 3 rings (SSSR count). The highest BCUT2D eigenvalue weighted by molar-refractivity contribution is 6.30. The molecule has 0 aliphatic carbocycles. The van der Waals surface area contributed by atoms with E-state index >= 15 is 0 Å². The fourth-order valence-electron chi connectivity index (χ4n) is 2.80. The van der Waals surface area contributed by atoms with Crippen molar-refractivity contribution in [3.05, 3.63) is 40.5 Å². The zero-order chi connectivity index (χ0) is 14.1. The van der Waals surface area contributed by atoms with E-state index in [0.29, 0.717) is 11.2 Å². The standard InChI is InChI=1S/C16H20ClN3/c1-11-3-4-13-8-14(16(17)19-15(13)7-11)10-20-6-5-18-12(2)9-20/h3-4,7-8,12,18H,5-6,9-10H2,1-2H3/t12-/m0/s1. The van der Waals surface area contributed by atoms with Gasteiger partial charge >= 0.3 is 0 Å². The van der Waals surface area contributed by atoms with Crippen molar-refractivity contribution in [2.75, 3.05) is 19.6 Å². The lowest BCUT2D eigenvalue weighted by atomic mass is 10.1. The molecule has 0 unspecified atom stereocenters. The molecule has 0 saturated carbocycles. The summed E-state index contributed by atoms with van der Waals surface area (Å²) in [7, 11) is 0. The van der Waals surface area contributed by atoms with Gasteiger partial charge in [0.2, 0.25) is 0 Å². The van der Waals surface area contributed by atoms with Crippen LogP contribution in [0.5, 0.6) is 0 Å². The first-order chi connectivity index (χ1) is 9.61. The lowest BCUT2D eigenvalue weighted by Crippen LogP contribution is -2.48. The fraction of sp³-hybridized carbons (Fsp3) is 0.438. The molecular formula is C16H20ClN3. The number of hydrogen-bond acceptors (Lipinski definition) is 3. The Morgan fingerprint density at radius 1 is 1.40 bits per heavy atom. The molecular weight excluding hydrogens is 270 g/mol. The summed E-state index contributed by atoms with van der Waals surface area (Å²) in [5.74, 6) is 0. The minimum Gasteiger partial charge on any atom is -0.312 e. The van der Waals surface area contributed by atoms with Crippen LogP contribution in [-0.2, 0) is 6.54 Å². The number of aromatic nitrogens is 1. The number of benzene rings is 1. The number of halogens is 1. The Kier molecular flexibility index (Phi) is 3.92. The van der Waals surface area contributed by atoms with Crippen molar-refractivity contribution in [1.82, 2.24) is 15.2 Å². The van der Waals surface area contributed by atoms with Crippen LogP contribution in [0.25, 0.3) is 10.9 Å². The van der Waals surface area contributed by atoms with Crippen LogP contribution in [-0.4, -0.2) is 35.6 Å². The lowest BCUT2D eigenvalue weighted by Gasteiger charge is -2.31. The van der Waals surface area contributed by atoms with Crippen LogP contribution in [0.4, 0.5) is 0 Å². The second-order valence-electron chi connectivity index (χ2n) is 5.72. The number of nitrogens with one attached hydrogen (secondary N) is 1. The van der Waals surface area contributed by atoms with Crippen LogP contribution in [0.2, 0.25) is 5.15 Å². The smallest absolute Gasteiger partial charge is 0.134 e. The molecule has 1 atom stereocenters. The molecule has 1 aliphatic heterocycles. The van der Waals surface area contributed by atoms with Crippen LogP contribution in [0.3, 0.4) is 0 Å². The van der Waals surface area contributed by atoms with E-state index in [-0.39, 0.29) is 0 Å². The van der Waals surface area contributed by atoms with Crippen molar-refractivity contribution >= 4 is 22.5 Å². The number of piperazine rings is 1. The molecule has 4 heteroatoms. The molecule has 1 aromatic heterocycles. The first-order valence-corrected chi connectivity index (χ1v) is 7.51. The Morgan fingerprint density at radius 2 is 2.25 bits per heavy atom. The van der Waals surface area contributed by atoms with E-state index in [0.717, 1.165) is 42.6 Å². The van der Waals surface area contributed by atoms with Gasteiger partial charge in [-0.15, -0.1) is 0 Å². The van der Waals surface area contributed by atoms with E-state index in [4.69, 9.17) is 11.6 Å². The number of rotatable bonds is 2. The molecule has 106 valence electrons. The van der Waals surface area contributed by atoms with Crippen LogP contribution in [0, 0.1) is 6.92 Å². The first-order valence-electron chi connectivity index (χ1n) is 7.13. The van der Waals surface area contributed by atoms with Crippen molar-refractivity contribution in [2.24, 2.45) is 0 Å². The van der Waals surface area contributed by atoms with Gasteiger partial charge in [-0.05, 0) is 31.5 Å². The summed E-state index contributed by atoms with van der Waals surface area (Å²) in [4.78, 5) is 6.98. The zero-order valence-electron chi connectivity index (χ0n) is 12.0. The topological polar surface area (TPSA) is 28.2 Å². The molecule has 1 aliphatic rings. The van der Waals surface area contributed by atoms with Gasteiger partial charge in [0.15, 0.2) is 0 Å². The monoisotopic (exact) mass is 289 g/mol. The summed E-state index contributed by atoms with van der Waals surface area (Å²) >= 11 is 6.36. The highest BCUT2D eigenvalue weighted by atomic mass is 35.5. The van der Waals surface area contributed by atoms with E-state index in [2.05, 4.69) is 53.3 Å². The maximum Gasteiger partial charge on any atom is 0.134 e. The quantitative estimate of drug-likeness (QED) is 0.862. The number of fused-ring (bicyclic) bond motifs is 1. The maximum absolute atomic E-state index is 6.36. The van der Waals surface area contributed by atoms with Crippen LogP contribution in [0.1, 0.15) is 18.1 Å². The molecule has 3 nitrogen and oxygen atoms in total. The fourth-order valence-corrected chi connectivity index (χ4v) is 3.01. The normalized spacial score (nSPS) is 20.4. The van der Waals surface area contributed by atoms with Gasteiger partial charge in [0.05, 0.1) is 5.52 Å². The first kappa shape index (κ1) is 13.8. The minimum atomic E-state index is 0.540. The third kappa shape index (κ3) is 2.95.